The molecule has 122 valence electrons. The Hall–Kier alpha value is -0.0400. The second kappa shape index (κ2) is 11.6. The van der Waals surface area contributed by atoms with E-state index < -0.39 is 0 Å². The van der Waals surface area contributed by atoms with E-state index >= 15 is 0 Å². The summed E-state index contributed by atoms with van der Waals surface area (Å²) in [5, 5.41) is 3.70. The Morgan fingerprint density at radius 3 is 2.05 bits per heavy atom. The Balaban J connectivity index is 3.85. The lowest BCUT2D eigenvalue weighted by atomic mass is 9.82. The van der Waals surface area contributed by atoms with Crippen molar-refractivity contribution in [2.45, 2.75) is 105 Å². The van der Waals surface area contributed by atoms with Gasteiger partial charge in [-0.1, -0.05) is 80.1 Å². The third-order valence-corrected chi connectivity index (χ3v) is 4.05. The molecule has 1 nitrogen and oxygen atoms in total. The first-order valence-electron chi connectivity index (χ1n) is 9.12. The van der Waals surface area contributed by atoms with E-state index in [1.54, 1.807) is 0 Å². The largest absolute Gasteiger partial charge is 0.314 e. The van der Waals surface area contributed by atoms with Crippen LogP contribution in [-0.2, 0) is 0 Å². The van der Waals surface area contributed by atoms with Gasteiger partial charge in [-0.2, -0.15) is 0 Å². The maximum Gasteiger partial charge on any atom is 0.00694 e. The second-order valence-electron chi connectivity index (χ2n) is 7.92. The van der Waals surface area contributed by atoms with Gasteiger partial charge < -0.3 is 5.32 Å². The van der Waals surface area contributed by atoms with Gasteiger partial charge in [-0.3, -0.25) is 0 Å². The summed E-state index contributed by atoms with van der Waals surface area (Å²) in [6, 6.07) is 0.739. The van der Waals surface area contributed by atoms with Gasteiger partial charge in [0.25, 0.3) is 0 Å². The summed E-state index contributed by atoms with van der Waals surface area (Å²) in [6.07, 6.45) is 12.5. The molecule has 0 aliphatic carbocycles. The van der Waals surface area contributed by atoms with Gasteiger partial charge >= 0.3 is 0 Å². The van der Waals surface area contributed by atoms with Gasteiger partial charge in [0.05, 0.1) is 0 Å². The molecule has 0 aromatic carbocycles. The van der Waals surface area contributed by atoms with Gasteiger partial charge in [0.15, 0.2) is 0 Å². The van der Waals surface area contributed by atoms with Crippen LogP contribution in [0.2, 0.25) is 0 Å². The lowest BCUT2D eigenvalue weighted by Gasteiger charge is -2.27. The van der Waals surface area contributed by atoms with Crippen molar-refractivity contribution in [3.63, 3.8) is 0 Å². The maximum atomic E-state index is 3.70. The number of nitrogens with one attached hydrogen (secondary N) is 1. The topological polar surface area (TPSA) is 12.0 Å². The average Bonchev–Trinajstić information content (AvgIpc) is 2.31. The number of unbranched alkanes of at least 4 members (excludes halogenated alkanes) is 5. The number of hydrogen-bond acceptors (Lipinski definition) is 1. The third kappa shape index (κ3) is 13.0. The molecule has 0 saturated heterocycles. The molecule has 0 amide bonds. The maximum absolute atomic E-state index is 3.70. The highest BCUT2D eigenvalue weighted by Gasteiger charge is 2.18. The first-order valence-corrected chi connectivity index (χ1v) is 9.12. The van der Waals surface area contributed by atoms with Gasteiger partial charge in [-0.05, 0) is 37.1 Å². The predicted molar refractivity (Wildman–Crippen MR) is 93.3 cm³/mol. The minimum absolute atomic E-state index is 0.469. The zero-order valence-electron chi connectivity index (χ0n) is 15.2. The van der Waals surface area contributed by atoms with Crippen LogP contribution in [0.4, 0.5) is 0 Å². The number of rotatable bonds is 12. The first kappa shape index (κ1) is 20.0. The molecule has 0 radical (unpaired) electrons. The average molecular weight is 284 g/mol. The molecule has 0 rings (SSSR count). The molecule has 1 N–H and O–H groups in total. The van der Waals surface area contributed by atoms with Crippen LogP contribution >= 0.6 is 0 Å². The van der Waals surface area contributed by atoms with Crippen molar-refractivity contribution >= 4 is 0 Å². The van der Waals surface area contributed by atoms with Gasteiger partial charge in [0.2, 0.25) is 0 Å². The molecule has 0 spiro atoms. The fourth-order valence-corrected chi connectivity index (χ4v) is 3.38. The van der Waals surface area contributed by atoms with Crippen molar-refractivity contribution in [1.82, 2.24) is 5.32 Å². The summed E-state index contributed by atoms with van der Waals surface area (Å²) >= 11 is 0. The van der Waals surface area contributed by atoms with E-state index in [2.05, 4.69) is 46.9 Å². The van der Waals surface area contributed by atoms with Crippen LogP contribution in [0.15, 0.2) is 0 Å². The number of hydrogen-bond donors (Lipinski definition) is 1. The molecular formula is C19H41N. The van der Waals surface area contributed by atoms with Gasteiger partial charge in [-0.25, -0.2) is 0 Å². The Labute approximate surface area is 129 Å². The predicted octanol–water partition coefficient (Wildman–Crippen LogP) is 6.18. The molecule has 2 unspecified atom stereocenters. The highest BCUT2D eigenvalue weighted by atomic mass is 14.9. The summed E-state index contributed by atoms with van der Waals surface area (Å²) in [5.74, 6) is 0.833. The SMILES string of the molecule is CCCCCCCCC(CC(C)CC(C)(C)C)NCC. The van der Waals surface area contributed by atoms with E-state index in [-0.39, 0.29) is 0 Å². The fourth-order valence-electron chi connectivity index (χ4n) is 3.38. The van der Waals surface area contributed by atoms with Crippen LogP contribution in [-0.4, -0.2) is 12.6 Å². The van der Waals surface area contributed by atoms with E-state index in [1.165, 1.54) is 57.8 Å². The summed E-state index contributed by atoms with van der Waals surface area (Å²) in [6.45, 7) is 15.2. The van der Waals surface area contributed by atoms with E-state index in [1.807, 2.05) is 0 Å². The van der Waals surface area contributed by atoms with Crippen molar-refractivity contribution in [2.75, 3.05) is 6.54 Å². The van der Waals surface area contributed by atoms with Gasteiger partial charge in [0.1, 0.15) is 0 Å². The molecule has 0 aliphatic rings. The summed E-state index contributed by atoms with van der Waals surface area (Å²) in [5.41, 5.74) is 0.469. The summed E-state index contributed by atoms with van der Waals surface area (Å²) in [7, 11) is 0. The van der Waals surface area contributed by atoms with Crippen molar-refractivity contribution in [3.05, 3.63) is 0 Å². The smallest absolute Gasteiger partial charge is 0.00694 e. The highest BCUT2D eigenvalue weighted by Crippen LogP contribution is 2.27. The Kier molecular flexibility index (Phi) is 11.6. The van der Waals surface area contributed by atoms with Crippen molar-refractivity contribution in [1.29, 1.82) is 0 Å². The summed E-state index contributed by atoms with van der Waals surface area (Å²) in [4.78, 5) is 0. The van der Waals surface area contributed by atoms with Crippen LogP contribution in [0, 0.1) is 11.3 Å². The molecule has 20 heavy (non-hydrogen) atoms. The highest BCUT2D eigenvalue weighted by molar-refractivity contribution is 4.73. The van der Waals surface area contributed by atoms with E-state index in [9.17, 15) is 0 Å². The monoisotopic (exact) mass is 283 g/mol. The summed E-state index contributed by atoms with van der Waals surface area (Å²) < 4.78 is 0. The van der Waals surface area contributed by atoms with Crippen LogP contribution < -0.4 is 5.32 Å². The molecule has 2 atom stereocenters. The second-order valence-corrected chi connectivity index (χ2v) is 7.92. The molecule has 0 bridgehead atoms. The minimum Gasteiger partial charge on any atom is -0.314 e. The molecule has 0 saturated carbocycles. The Morgan fingerprint density at radius 2 is 1.50 bits per heavy atom. The standard InChI is InChI=1S/C19H41N/c1-7-9-10-11-12-13-14-18(20-8-2)15-17(3)16-19(4,5)6/h17-18,20H,7-16H2,1-6H3. The lowest BCUT2D eigenvalue weighted by molar-refractivity contribution is 0.269. The third-order valence-electron chi connectivity index (χ3n) is 4.05. The van der Waals surface area contributed by atoms with Crippen LogP contribution in [0.25, 0.3) is 0 Å². The van der Waals surface area contributed by atoms with Gasteiger partial charge in [0, 0.05) is 6.04 Å². The quantitative estimate of drug-likeness (QED) is 0.422. The van der Waals surface area contributed by atoms with E-state index in [0.29, 0.717) is 5.41 Å². The van der Waals surface area contributed by atoms with Crippen molar-refractivity contribution in [3.8, 4) is 0 Å². The first-order chi connectivity index (χ1) is 9.39. The molecule has 0 heterocycles. The molecule has 0 fully saturated rings. The zero-order valence-corrected chi connectivity index (χ0v) is 15.2. The molecule has 1 heteroatoms. The van der Waals surface area contributed by atoms with Crippen LogP contribution in [0.1, 0.15) is 99.3 Å². The zero-order chi connectivity index (χ0) is 15.4. The molecular weight excluding hydrogens is 242 g/mol. The van der Waals surface area contributed by atoms with E-state index in [4.69, 9.17) is 0 Å². The fraction of sp³-hybridized carbons (Fsp3) is 1.00. The van der Waals surface area contributed by atoms with Crippen molar-refractivity contribution < 1.29 is 0 Å². The molecule has 0 aromatic heterocycles. The van der Waals surface area contributed by atoms with Crippen LogP contribution in [0.3, 0.4) is 0 Å². The minimum atomic E-state index is 0.469. The van der Waals surface area contributed by atoms with Crippen molar-refractivity contribution in [2.24, 2.45) is 11.3 Å². The van der Waals surface area contributed by atoms with Gasteiger partial charge in [-0.15, -0.1) is 0 Å². The molecule has 0 aromatic rings. The Morgan fingerprint density at radius 1 is 0.900 bits per heavy atom. The van der Waals surface area contributed by atoms with E-state index in [0.717, 1.165) is 18.5 Å². The lowest BCUT2D eigenvalue weighted by Crippen LogP contribution is -2.31. The normalized spacial score (nSPS) is 15.3. The molecule has 0 aliphatic heterocycles. The van der Waals surface area contributed by atoms with Crippen LogP contribution in [0.5, 0.6) is 0 Å². The Bertz CT molecular complexity index is 204.